The van der Waals surface area contributed by atoms with Gasteiger partial charge in [0.15, 0.2) is 0 Å². The van der Waals surface area contributed by atoms with Gasteiger partial charge in [-0.05, 0) is 17.7 Å². The molecule has 3 N–H and O–H groups in total. The zero-order chi connectivity index (χ0) is 17.4. The van der Waals surface area contributed by atoms with Crippen LogP contribution in [-0.4, -0.2) is 58.6 Å². The largest absolute Gasteiger partial charge is 0.383 e. The van der Waals surface area contributed by atoms with Crippen molar-refractivity contribution in [3.05, 3.63) is 33.8 Å². The fourth-order valence-electron chi connectivity index (χ4n) is 2.59. The van der Waals surface area contributed by atoms with Crippen LogP contribution in [0.5, 0.6) is 0 Å². The summed E-state index contributed by atoms with van der Waals surface area (Å²) < 4.78 is 10.8. The second-order valence-electron chi connectivity index (χ2n) is 5.52. The first-order valence-corrected chi connectivity index (χ1v) is 8.65. The number of hydrogen-bond acceptors (Lipinski definition) is 4. The van der Waals surface area contributed by atoms with Gasteiger partial charge in [0, 0.05) is 39.2 Å². The molecule has 1 saturated heterocycles. The molecule has 134 valence electrons. The van der Waals surface area contributed by atoms with E-state index in [1.807, 2.05) is 12.1 Å². The van der Waals surface area contributed by atoms with Gasteiger partial charge in [-0.3, -0.25) is 0 Å². The lowest BCUT2D eigenvalue weighted by molar-refractivity contribution is 0.0538. The van der Waals surface area contributed by atoms with E-state index in [1.165, 1.54) is 0 Å². The number of hydrogen-bond donors (Lipinski definition) is 3. The summed E-state index contributed by atoms with van der Waals surface area (Å²) in [5.41, 5.74) is 1.03. The summed E-state index contributed by atoms with van der Waals surface area (Å²) >= 11 is 12.1. The highest BCUT2D eigenvalue weighted by atomic mass is 35.5. The van der Waals surface area contributed by atoms with Crippen LogP contribution in [0.2, 0.25) is 10.0 Å². The summed E-state index contributed by atoms with van der Waals surface area (Å²) in [6, 6.07) is 5.35. The number of nitrogens with one attached hydrogen (secondary N) is 3. The first kappa shape index (κ1) is 19.3. The lowest BCUT2D eigenvalue weighted by Crippen LogP contribution is -2.43. The van der Waals surface area contributed by atoms with Crippen LogP contribution in [0.1, 0.15) is 11.5 Å². The van der Waals surface area contributed by atoms with E-state index < -0.39 is 0 Å². The van der Waals surface area contributed by atoms with Crippen LogP contribution in [-0.2, 0) is 9.47 Å². The van der Waals surface area contributed by atoms with Gasteiger partial charge in [-0.25, -0.2) is 4.79 Å². The Bertz CT molecular complexity index is 545. The Balaban J connectivity index is 1.98. The molecule has 2 unspecified atom stereocenters. The predicted molar refractivity (Wildman–Crippen MR) is 95.1 cm³/mol. The molecular weight excluding hydrogens is 353 g/mol. The molecule has 0 spiro atoms. The van der Waals surface area contributed by atoms with Gasteiger partial charge in [0.25, 0.3) is 0 Å². The molecule has 0 aliphatic carbocycles. The van der Waals surface area contributed by atoms with Crippen LogP contribution in [0.4, 0.5) is 4.79 Å². The number of ether oxygens (including phenoxy) is 2. The van der Waals surface area contributed by atoms with Crippen molar-refractivity contribution in [2.75, 3.05) is 46.5 Å². The topological polar surface area (TPSA) is 71.6 Å². The average molecular weight is 376 g/mol. The lowest BCUT2D eigenvalue weighted by atomic mass is 9.93. The van der Waals surface area contributed by atoms with E-state index >= 15 is 0 Å². The third-order valence-electron chi connectivity index (χ3n) is 3.85. The van der Waals surface area contributed by atoms with E-state index in [0.717, 1.165) is 18.7 Å². The molecule has 0 aromatic heterocycles. The van der Waals surface area contributed by atoms with Crippen LogP contribution in [0, 0.1) is 0 Å². The van der Waals surface area contributed by atoms with E-state index in [-0.39, 0.29) is 18.1 Å². The first-order chi connectivity index (χ1) is 11.6. The summed E-state index contributed by atoms with van der Waals surface area (Å²) in [6.07, 6.45) is -0.148. The molecule has 1 aromatic rings. The van der Waals surface area contributed by atoms with Crippen LogP contribution >= 0.6 is 23.2 Å². The van der Waals surface area contributed by atoms with Gasteiger partial charge in [0.1, 0.15) is 0 Å². The second-order valence-corrected chi connectivity index (χ2v) is 6.34. The summed E-state index contributed by atoms with van der Waals surface area (Å²) in [7, 11) is 1.59. The van der Waals surface area contributed by atoms with Crippen molar-refractivity contribution in [1.82, 2.24) is 16.0 Å². The first-order valence-electron chi connectivity index (χ1n) is 7.89. The molecule has 1 aromatic carbocycles. The Morgan fingerprint density at radius 3 is 2.96 bits per heavy atom. The number of halogens is 2. The smallest absolute Gasteiger partial charge is 0.314 e. The van der Waals surface area contributed by atoms with Gasteiger partial charge in [0.2, 0.25) is 0 Å². The second kappa shape index (κ2) is 10.1. The fraction of sp³-hybridized carbons (Fsp3) is 0.562. The van der Waals surface area contributed by atoms with Crippen LogP contribution in [0.15, 0.2) is 18.2 Å². The van der Waals surface area contributed by atoms with Gasteiger partial charge in [-0.1, -0.05) is 29.3 Å². The third-order valence-corrected chi connectivity index (χ3v) is 4.59. The maximum absolute atomic E-state index is 11.8. The number of benzene rings is 1. The number of urea groups is 1. The predicted octanol–water partition coefficient (Wildman–Crippen LogP) is 2.01. The van der Waals surface area contributed by atoms with Crippen molar-refractivity contribution in [2.24, 2.45) is 0 Å². The van der Waals surface area contributed by atoms with Crippen LogP contribution < -0.4 is 16.0 Å². The van der Waals surface area contributed by atoms with Crippen molar-refractivity contribution in [3.63, 3.8) is 0 Å². The normalized spacial score (nSPS) is 21.1. The Morgan fingerprint density at radius 1 is 1.38 bits per heavy atom. The summed E-state index contributed by atoms with van der Waals surface area (Å²) in [6.45, 7) is 3.46. The molecular formula is C16H23Cl2N3O3. The molecule has 1 aliphatic heterocycles. The molecule has 2 amide bonds. The highest BCUT2D eigenvalue weighted by molar-refractivity contribution is 6.42. The molecule has 24 heavy (non-hydrogen) atoms. The van der Waals surface area contributed by atoms with Crippen molar-refractivity contribution in [3.8, 4) is 0 Å². The lowest BCUT2D eigenvalue weighted by Gasteiger charge is -2.25. The molecule has 0 radical (unpaired) electrons. The highest BCUT2D eigenvalue weighted by Crippen LogP contribution is 2.29. The summed E-state index contributed by atoms with van der Waals surface area (Å²) in [5, 5.41) is 9.96. The molecule has 6 nitrogen and oxygen atoms in total. The van der Waals surface area contributed by atoms with Crippen LogP contribution in [0.3, 0.4) is 0 Å². The van der Waals surface area contributed by atoms with Gasteiger partial charge in [-0.2, -0.15) is 0 Å². The SMILES string of the molecule is COCCNC(=O)NCC1OCCNCC1c1ccc(Cl)c(Cl)c1. The number of carbonyl (C=O) groups excluding carboxylic acids is 1. The van der Waals surface area contributed by atoms with E-state index in [9.17, 15) is 4.79 Å². The molecule has 1 aliphatic rings. The minimum absolute atomic E-state index is 0.0709. The van der Waals surface area contributed by atoms with E-state index in [1.54, 1.807) is 13.2 Å². The quantitative estimate of drug-likeness (QED) is 0.665. The van der Waals surface area contributed by atoms with Crippen molar-refractivity contribution < 1.29 is 14.3 Å². The van der Waals surface area contributed by atoms with Crippen molar-refractivity contribution in [2.45, 2.75) is 12.0 Å². The number of methoxy groups -OCH3 is 1. The minimum Gasteiger partial charge on any atom is -0.383 e. The summed E-state index contributed by atoms with van der Waals surface area (Å²) in [5.74, 6) is 0.0709. The zero-order valence-corrected chi connectivity index (χ0v) is 15.1. The molecule has 2 rings (SSSR count). The summed E-state index contributed by atoms with van der Waals surface area (Å²) in [4.78, 5) is 11.8. The van der Waals surface area contributed by atoms with E-state index in [4.69, 9.17) is 32.7 Å². The molecule has 1 fully saturated rings. The Kier molecular flexibility index (Phi) is 8.08. The molecule has 0 bridgehead atoms. The zero-order valence-electron chi connectivity index (χ0n) is 13.6. The van der Waals surface area contributed by atoms with Gasteiger partial charge < -0.3 is 25.4 Å². The van der Waals surface area contributed by atoms with Crippen molar-refractivity contribution >= 4 is 29.2 Å². The van der Waals surface area contributed by atoms with E-state index in [0.29, 0.717) is 36.3 Å². The van der Waals surface area contributed by atoms with Gasteiger partial charge >= 0.3 is 6.03 Å². The Hall–Kier alpha value is -1.05. The Labute approximate surface area is 152 Å². The van der Waals surface area contributed by atoms with Crippen LogP contribution in [0.25, 0.3) is 0 Å². The molecule has 8 heteroatoms. The number of rotatable bonds is 6. The fourth-order valence-corrected chi connectivity index (χ4v) is 2.89. The third kappa shape index (κ3) is 5.79. The number of amides is 2. The van der Waals surface area contributed by atoms with Gasteiger partial charge in [0.05, 0.1) is 29.4 Å². The molecule has 1 heterocycles. The Morgan fingerprint density at radius 2 is 2.21 bits per heavy atom. The minimum atomic E-state index is -0.235. The standard InChI is InChI=1S/C16H23Cl2N3O3/c1-23-6-5-20-16(22)21-10-15-12(9-19-4-7-24-15)11-2-3-13(17)14(18)8-11/h2-3,8,12,15,19H,4-7,9-10H2,1H3,(H2,20,21,22). The molecule has 0 saturated carbocycles. The van der Waals surface area contributed by atoms with Gasteiger partial charge in [-0.15, -0.1) is 0 Å². The average Bonchev–Trinajstić information content (AvgIpc) is 2.81. The monoisotopic (exact) mass is 375 g/mol. The van der Waals surface area contributed by atoms with Crippen molar-refractivity contribution in [1.29, 1.82) is 0 Å². The number of carbonyl (C=O) groups is 1. The maximum atomic E-state index is 11.8. The van der Waals surface area contributed by atoms with E-state index in [2.05, 4.69) is 16.0 Å². The highest BCUT2D eigenvalue weighted by Gasteiger charge is 2.27. The maximum Gasteiger partial charge on any atom is 0.314 e. The molecule has 2 atom stereocenters.